The summed E-state index contributed by atoms with van der Waals surface area (Å²) in [5.41, 5.74) is 1.03. The lowest BCUT2D eigenvalue weighted by Gasteiger charge is -2.14. The number of carbonyl (C=O) groups excluding carboxylic acids is 1. The van der Waals surface area contributed by atoms with Gasteiger partial charge in [0.25, 0.3) is 0 Å². The van der Waals surface area contributed by atoms with Crippen molar-refractivity contribution >= 4 is 23.4 Å². The monoisotopic (exact) mass is 390 g/mol. The van der Waals surface area contributed by atoms with Gasteiger partial charge in [0.1, 0.15) is 12.1 Å². The fourth-order valence-corrected chi connectivity index (χ4v) is 2.95. The molecule has 1 N–H and O–H groups in total. The van der Waals surface area contributed by atoms with Crippen LogP contribution in [-0.4, -0.2) is 32.5 Å². The van der Waals surface area contributed by atoms with E-state index in [-0.39, 0.29) is 17.3 Å². The molecule has 0 saturated carbocycles. The van der Waals surface area contributed by atoms with Crippen molar-refractivity contribution in [3.63, 3.8) is 0 Å². The number of aromatic nitrogens is 3. The van der Waals surface area contributed by atoms with E-state index in [1.165, 1.54) is 12.1 Å². The Balaban J connectivity index is 1.64. The van der Waals surface area contributed by atoms with Crippen molar-refractivity contribution in [1.82, 2.24) is 14.8 Å². The second-order valence-electron chi connectivity index (χ2n) is 5.43. The van der Waals surface area contributed by atoms with Crippen molar-refractivity contribution in [2.24, 2.45) is 0 Å². The van der Waals surface area contributed by atoms with Crippen LogP contribution >= 0.6 is 11.8 Å². The van der Waals surface area contributed by atoms with Crippen molar-refractivity contribution in [1.29, 1.82) is 0 Å². The van der Waals surface area contributed by atoms with E-state index in [1.54, 1.807) is 30.1 Å². The zero-order valence-electron chi connectivity index (χ0n) is 14.3. The average Bonchev–Trinajstić information content (AvgIpc) is 3.12. The summed E-state index contributed by atoms with van der Waals surface area (Å²) in [5, 5.41) is 6.81. The number of ether oxygens (including phenoxy) is 1. The first kappa shape index (κ1) is 18.8. The standard InChI is InChI=1S/C18H16F2N4O2S/c1-12(16(25)22-14-9-5-6-10-15(14)26-17(19)20)27-18-21-11-24(23-18)13-7-3-2-4-8-13/h2-12,17H,1H3,(H,22,25). The summed E-state index contributed by atoms with van der Waals surface area (Å²) < 4.78 is 31.0. The molecule has 1 atom stereocenters. The smallest absolute Gasteiger partial charge is 0.387 e. The number of hydrogen-bond donors (Lipinski definition) is 1. The van der Waals surface area contributed by atoms with Crippen LogP contribution in [0, 0.1) is 0 Å². The van der Waals surface area contributed by atoms with Crippen LogP contribution < -0.4 is 10.1 Å². The van der Waals surface area contributed by atoms with E-state index in [0.29, 0.717) is 5.16 Å². The molecule has 0 saturated heterocycles. The Hall–Kier alpha value is -2.94. The molecule has 1 heterocycles. The fourth-order valence-electron chi connectivity index (χ4n) is 2.22. The van der Waals surface area contributed by atoms with Gasteiger partial charge in [-0.25, -0.2) is 9.67 Å². The molecule has 3 rings (SSSR count). The highest BCUT2D eigenvalue weighted by Crippen LogP contribution is 2.27. The number of hydrogen-bond acceptors (Lipinski definition) is 5. The molecule has 0 bridgehead atoms. The number of thioether (sulfide) groups is 1. The van der Waals surface area contributed by atoms with Gasteiger partial charge in [0.2, 0.25) is 11.1 Å². The van der Waals surface area contributed by atoms with E-state index >= 15 is 0 Å². The molecule has 1 unspecified atom stereocenters. The summed E-state index contributed by atoms with van der Waals surface area (Å²) in [4.78, 5) is 16.6. The zero-order valence-corrected chi connectivity index (χ0v) is 15.1. The second-order valence-corrected chi connectivity index (χ2v) is 6.74. The molecule has 0 fully saturated rings. The summed E-state index contributed by atoms with van der Waals surface area (Å²) in [5.74, 6) is -0.467. The third-order valence-electron chi connectivity index (χ3n) is 3.50. The molecule has 2 aromatic carbocycles. The van der Waals surface area contributed by atoms with Gasteiger partial charge in [0.05, 0.1) is 16.6 Å². The molecule has 0 spiro atoms. The molecule has 0 aliphatic carbocycles. The van der Waals surface area contributed by atoms with Crippen molar-refractivity contribution < 1.29 is 18.3 Å². The molecule has 1 aromatic heterocycles. The zero-order chi connectivity index (χ0) is 19.2. The Morgan fingerprint density at radius 1 is 1.15 bits per heavy atom. The number of anilines is 1. The van der Waals surface area contributed by atoms with Gasteiger partial charge in [-0.3, -0.25) is 4.79 Å². The minimum Gasteiger partial charge on any atom is -0.433 e. The van der Waals surface area contributed by atoms with E-state index < -0.39 is 11.9 Å². The number of carbonyl (C=O) groups is 1. The molecule has 0 radical (unpaired) electrons. The lowest BCUT2D eigenvalue weighted by Crippen LogP contribution is -2.23. The molecule has 140 valence electrons. The minimum absolute atomic E-state index is 0.0930. The Kier molecular flexibility index (Phi) is 6.02. The maximum atomic E-state index is 12.5. The molecule has 6 nitrogen and oxygen atoms in total. The van der Waals surface area contributed by atoms with Crippen LogP contribution in [0.1, 0.15) is 6.92 Å². The Labute approximate surface area is 158 Å². The molecular weight excluding hydrogens is 374 g/mol. The van der Waals surface area contributed by atoms with Crippen LogP contribution in [0.5, 0.6) is 5.75 Å². The highest BCUT2D eigenvalue weighted by molar-refractivity contribution is 8.00. The predicted octanol–water partition coefficient (Wildman–Crippen LogP) is 3.99. The van der Waals surface area contributed by atoms with E-state index in [2.05, 4.69) is 20.1 Å². The average molecular weight is 390 g/mol. The maximum absolute atomic E-state index is 12.5. The van der Waals surface area contributed by atoms with Crippen LogP contribution in [0.25, 0.3) is 5.69 Å². The Morgan fingerprint density at radius 2 is 1.85 bits per heavy atom. The van der Waals surface area contributed by atoms with Crippen molar-refractivity contribution in [2.75, 3.05) is 5.32 Å². The summed E-state index contributed by atoms with van der Waals surface area (Å²) in [6.07, 6.45) is 1.56. The minimum atomic E-state index is -2.97. The molecule has 9 heteroatoms. The number of nitrogens with zero attached hydrogens (tertiary/aromatic N) is 3. The van der Waals surface area contributed by atoms with E-state index in [4.69, 9.17) is 0 Å². The van der Waals surface area contributed by atoms with Gasteiger partial charge in [0.15, 0.2) is 0 Å². The number of nitrogens with one attached hydrogen (secondary N) is 1. The lowest BCUT2D eigenvalue weighted by atomic mass is 10.3. The van der Waals surface area contributed by atoms with Crippen LogP contribution in [0.3, 0.4) is 0 Å². The number of alkyl halides is 2. The molecule has 3 aromatic rings. The number of amides is 1. The molecule has 0 aliphatic rings. The van der Waals surface area contributed by atoms with Gasteiger partial charge >= 0.3 is 6.61 Å². The SMILES string of the molecule is CC(Sc1ncn(-c2ccccc2)n1)C(=O)Nc1ccccc1OC(F)F. The van der Waals surface area contributed by atoms with Crippen molar-refractivity contribution in [3.8, 4) is 11.4 Å². The van der Waals surface area contributed by atoms with Crippen LogP contribution in [-0.2, 0) is 4.79 Å². The first-order chi connectivity index (χ1) is 13.0. The van der Waals surface area contributed by atoms with Crippen LogP contribution in [0.15, 0.2) is 66.1 Å². The third-order valence-corrected chi connectivity index (χ3v) is 4.47. The number of halogens is 2. The topological polar surface area (TPSA) is 69.0 Å². The number of para-hydroxylation sites is 3. The van der Waals surface area contributed by atoms with E-state index in [0.717, 1.165) is 17.4 Å². The summed E-state index contributed by atoms with van der Waals surface area (Å²) in [7, 11) is 0. The molecule has 0 aliphatic heterocycles. The summed E-state index contributed by atoms with van der Waals surface area (Å²) >= 11 is 1.16. The number of rotatable bonds is 7. The van der Waals surface area contributed by atoms with Crippen LogP contribution in [0.4, 0.5) is 14.5 Å². The highest BCUT2D eigenvalue weighted by atomic mass is 32.2. The quantitative estimate of drug-likeness (QED) is 0.618. The Morgan fingerprint density at radius 3 is 2.59 bits per heavy atom. The molecular formula is C18H16F2N4O2S. The largest absolute Gasteiger partial charge is 0.433 e. The highest BCUT2D eigenvalue weighted by Gasteiger charge is 2.19. The summed E-state index contributed by atoms with van der Waals surface area (Å²) in [6, 6.07) is 15.5. The fraction of sp³-hybridized carbons (Fsp3) is 0.167. The van der Waals surface area contributed by atoms with Crippen LogP contribution in [0.2, 0.25) is 0 Å². The third kappa shape index (κ3) is 5.04. The lowest BCUT2D eigenvalue weighted by molar-refractivity contribution is -0.115. The second kappa shape index (κ2) is 8.63. The number of benzene rings is 2. The van der Waals surface area contributed by atoms with Gasteiger partial charge in [-0.2, -0.15) is 8.78 Å². The van der Waals surface area contributed by atoms with Gasteiger partial charge in [-0.05, 0) is 31.2 Å². The van der Waals surface area contributed by atoms with Gasteiger partial charge < -0.3 is 10.1 Å². The van der Waals surface area contributed by atoms with Gasteiger partial charge in [-0.15, -0.1) is 5.10 Å². The van der Waals surface area contributed by atoms with Gasteiger partial charge in [-0.1, -0.05) is 42.1 Å². The maximum Gasteiger partial charge on any atom is 0.387 e. The Bertz CT molecular complexity index is 905. The van der Waals surface area contributed by atoms with E-state index in [9.17, 15) is 13.6 Å². The van der Waals surface area contributed by atoms with Crippen molar-refractivity contribution in [2.45, 2.75) is 23.9 Å². The first-order valence-corrected chi connectivity index (χ1v) is 8.89. The predicted molar refractivity (Wildman–Crippen MR) is 98.4 cm³/mol. The molecule has 1 amide bonds. The normalized spacial score (nSPS) is 12.0. The van der Waals surface area contributed by atoms with Crippen molar-refractivity contribution in [3.05, 3.63) is 60.9 Å². The first-order valence-electron chi connectivity index (χ1n) is 8.01. The summed E-state index contributed by atoms with van der Waals surface area (Å²) in [6.45, 7) is -1.29. The van der Waals surface area contributed by atoms with E-state index in [1.807, 2.05) is 30.3 Å². The van der Waals surface area contributed by atoms with Gasteiger partial charge in [0, 0.05) is 0 Å². The molecule has 27 heavy (non-hydrogen) atoms.